The van der Waals surface area contributed by atoms with Crippen LogP contribution in [-0.4, -0.2) is 12.0 Å². The van der Waals surface area contributed by atoms with Gasteiger partial charge in [0.05, 0.1) is 15.7 Å². The molecule has 0 aliphatic carbocycles. The summed E-state index contributed by atoms with van der Waals surface area (Å²) in [5.74, 6) is 0.668. The van der Waals surface area contributed by atoms with Crippen LogP contribution in [-0.2, 0) is 6.61 Å². The third-order valence-electron chi connectivity index (χ3n) is 2.44. The molecule has 2 aromatic rings. The van der Waals surface area contributed by atoms with Crippen LogP contribution < -0.4 is 10.1 Å². The molecule has 0 bridgehead atoms. The molecule has 1 aromatic carbocycles. The SMILES string of the molecule is CNc1ccc(Cl)c(COc2ccc(F)c(Cl)c2)n1. The molecule has 100 valence electrons. The highest BCUT2D eigenvalue weighted by Gasteiger charge is 2.06. The molecule has 0 aliphatic heterocycles. The van der Waals surface area contributed by atoms with E-state index in [4.69, 9.17) is 27.9 Å². The van der Waals surface area contributed by atoms with Crippen LogP contribution in [0.5, 0.6) is 5.75 Å². The summed E-state index contributed by atoms with van der Waals surface area (Å²) in [6.45, 7) is 0.177. The molecule has 0 unspecified atom stereocenters. The van der Waals surface area contributed by atoms with Crippen LogP contribution in [0.1, 0.15) is 5.69 Å². The van der Waals surface area contributed by atoms with Gasteiger partial charge in [-0.05, 0) is 24.3 Å². The summed E-state index contributed by atoms with van der Waals surface area (Å²) in [6, 6.07) is 7.65. The third kappa shape index (κ3) is 3.49. The second-order valence-corrected chi connectivity index (χ2v) is 4.55. The molecule has 2 rings (SSSR count). The molecule has 0 radical (unpaired) electrons. The number of hydrogen-bond acceptors (Lipinski definition) is 3. The predicted octanol–water partition coefficient (Wildman–Crippen LogP) is 4.15. The van der Waals surface area contributed by atoms with Gasteiger partial charge in [-0.3, -0.25) is 0 Å². The Kier molecular flexibility index (Phi) is 4.45. The molecule has 1 aromatic heterocycles. The van der Waals surface area contributed by atoms with E-state index in [0.29, 0.717) is 22.3 Å². The summed E-state index contributed by atoms with van der Waals surface area (Å²) in [4.78, 5) is 4.27. The van der Waals surface area contributed by atoms with Crippen molar-refractivity contribution in [2.24, 2.45) is 0 Å². The van der Waals surface area contributed by atoms with Crippen molar-refractivity contribution in [1.29, 1.82) is 0 Å². The zero-order valence-electron chi connectivity index (χ0n) is 10.1. The second kappa shape index (κ2) is 6.08. The fourth-order valence-corrected chi connectivity index (χ4v) is 1.77. The van der Waals surface area contributed by atoms with E-state index in [2.05, 4.69) is 10.3 Å². The lowest BCUT2D eigenvalue weighted by atomic mass is 10.3. The van der Waals surface area contributed by atoms with E-state index in [-0.39, 0.29) is 11.6 Å². The highest BCUT2D eigenvalue weighted by molar-refractivity contribution is 6.31. The molecule has 0 fully saturated rings. The van der Waals surface area contributed by atoms with Crippen molar-refractivity contribution >= 4 is 29.0 Å². The van der Waals surface area contributed by atoms with Crippen LogP contribution >= 0.6 is 23.2 Å². The van der Waals surface area contributed by atoms with Gasteiger partial charge in [-0.15, -0.1) is 0 Å². The van der Waals surface area contributed by atoms with Gasteiger partial charge >= 0.3 is 0 Å². The number of nitrogens with one attached hydrogen (secondary N) is 1. The van der Waals surface area contributed by atoms with Gasteiger partial charge in [-0.2, -0.15) is 0 Å². The first kappa shape index (κ1) is 13.9. The lowest BCUT2D eigenvalue weighted by Gasteiger charge is -2.09. The highest BCUT2D eigenvalue weighted by Crippen LogP contribution is 2.23. The largest absolute Gasteiger partial charge is 0.487 e. The second-order valence-electron chi connectivity index (χ2n) is 3.74. The molecule has 1 N–H and O–H groups in total. The quantitative estimate of drug-likeness (QED) is 0.921. The zero-order chi connectivity index (χ0) is 13.8. The highest BCUT2D eigenvalue weighted by atomic mass is 35.5. The first-order chi connectivity index (χ1) is 9.10. The Morgan fingerprint density at radius 2 is 2.00 bits per heavy atom. The summed E-state index contributed by atoms with van der Waals surface area (Å²) >= 11 is 11.7. The molecule has 0 saturated carbocycles. The van der Waals surface area contributed by atoms with Crippen LogP contribution in [0.25, 0.3) is 0 Å². The molecule has 0 aliphatic rings. The molecule has 0 saturated heterocycles. The van der Waals surface area contributed by atoms with E-state index in [1.165, 1.54) is 18.2 Å². The van der Waals surface area contributed by atoms with E-state index in [1.54, 1.807) is 19.2 Å². The molecule has 0 atom stereocenters. The predicted molar refractivity (Wildman–Crippen MR) is 74.5 cm³/mol. The number of ether oxygens (including phenoxy) is 1. The van der Waals surface area contributed by atoms with Crippen LogP contribution in [0.4, 0.5) is 10.2 Å². The van der Waals surface area contributed by atoms with Crippen LogP contribution in [0.2, 0.25) is 10.0 Å². The van der Waals surface area contributed by atoms with Gasteiger partial charge in [0.2, 0.25) is 0 Å². The van der Waals surface area contributed by atoms with Crippen LogP contribution in [0.3, 0.4) is 0 Å². The maximum absolute atomic E-state index is 13.0. The van der Waals surface area contributed by atoms with Crippen molar-refractivity contribution in [3.63, 3.8) is 0 Å². The van der Waals surface area contributed by atoms with E-state index < -0.39 is 5.82 Å². The fourth-order valence-electron chi connectivity index (χ4n) is 1.44. The lowest BCUT2D eigenvalue weighted by Crippen LogP contribution is -2.02. The number of pyridine rings is 1. The maximum atomic E-state index is 13.0. The van der Waals surface area contributed by atoms with Gasteiger partial charge in [-0.1, -0.05) is 23.2 Å². The minimum atomic E-state index is -0.484. The Bertz CT molecular complexity index is 593. The number of rotatable bonds is 4. The smallest absolute Gasteiger partial charge is 0.142 e. The summed E-state index contributed by atoms with van der Waals surface area (Å²) < 4.78 is 18.5. The van der Waals surface area contributed by atoms with E-state index in [0.717, 1.165) is 0 Å². The van der Waals surface area contributed by atoms with Gasteiger partial charge in [0, 0.05) is 13.1 Å². The topological polar surface area (TPSA) is 34.1 Å². The van der Waals surface area contributed by atoms with Gasteiger partial charge in [-0.25, -0.2) is 9.37 Å². The van der Waals surface area contributed by atoms with Crippen molar-refractivity contribution in [3.8, 4) is 5.75 Å². The molecule has 3 nitrogen and oxygen atoms in total. The molecule has 0 spiro atoms. The number of halogens is 3. The van der Waals surface area contributed by atoms with Crippen molar-refractivity contribution in [2.75, 3.05) is 12.4 Å². The minimum absolute atomic E-state index is 0.0144. The molecular weight excluding hydrogens is 290 g/mol. The average molecular weight is 301 g/mol. The number of benzene rings is 1. The summed E-state index contributed by atoms with van der Waals surface area (Å²) in [5, 5.41) is 3.43. The number of anilines is 1. The number of nitrogens with zero attached hydrogens (tertiary/aromatic N) is 1. The fraction of sp³-hybridized carbons (Fsp3) is 0.154. The van der Waals surface area contributed by atoms with Crippen molar-refractivity contribution in [2.45, 2.75) is 6.61 Å². The van der Waals surface area contributed by atoms with Crippen LogP contribution in [0, 0.1) is 5.82 Å². The Morgan fingerprint density at radius 3 is 2.68 bits per heavy atom. The standard InChI is InChI=1S/C13H11Cl2FN2O/c1-17-13-5-3-9(14)12(18-13)7-19-8-2-4-11(16)10(15)6-8/h2-6H,7H2,1H3,(H,17,18). The Labute approximate surface area is 120 Å². The van der Waals surface area contributed by atoms with Crippen molar-refractivity contribution in [3.05, 3.63) is 51.9 Å². The van der Waals surface area contributed by atoms with Crippen molar-refractivity contribution < 1.29 is 9.13 Å². The summed E-state index contributed by atoms with van der Waals surface area (Å²) in [7, 11) is 1.76. The van der Waals surface area contributed by atoms with Crippen molar-refractivity contribution in [1.82, 2.24) is 4.98 Å². The van der Waals surface area contributed by atoms with Gasteiger partial charge < -0.3 is 10.1 Å². The van der Waals surface area contributed by atoms with E-state index in [1.807, 2.05) is 0 Å². The Balaban J connectivity index is 2.11. The Morgan fingerprint density at radius 1 is 1.21 bits per heavy atom. The normalized spacial score (nSPS) is 10.3. The van der Waals surface area contributed by atoms with E-state index in [9.17, 15) is 4.39 Å². The number of aromatic nitrogens is 1. The first-order valence-corrected chi connectivity index (χ1v) is 6.27. The Hall–Kier alpha value is -1.52. The van der Waals surface area contributed by atoms with E-state index >= 15 is 0 Å². The average Bonchev–Trinajstić information content (AvgIpc) is 2.41. The zero-order valence-corrected chi connectivity index (χ0v) is 11.6. The summed E-state index contributed by atoms with van der Waals surface area (Å²) in [5.41, 5.74) is 0.592. The number of hydrogen-bond donors (Lipinski definition) is 1. The molecule has 19 heavy (non-hydrogen) atoms. The lowest BCUT2D eigenvalue weighted by molar-refractivity contribution is 0.301. The van der Waals surface area contributed by atoms with Gasteiger partial charge in [0.1, 0.15) is 24.0 Å². The molecule has 0 amide bonds. The summed E-state index contributed by atoms with van der Waals surface area (Å²) in [6.07, 6.45) is 0. The molecule has 6 heteroatoms. The third-order valence-corrected chi connectivity index (χ3v) is 3.08. The van der Waals surface area contributed by atoms with Gasteiger partial charge in [0.25, 0.3) is 0 Å². The first-order valence-electron chi connectivity index (χ1n) is 5.51. The maximum Gasteiger partial charge on any atom is 0.142 e. The van der Waals surface area contributed by atoms with Gasteiger partial charge in [0.15, 0.2) is 0 Å². The minimum Gasteiger partial charge on any atom is -0.487 e. The molecule has 1 heterocycles. The molecular formula is C13H11Cl2FN2O. The monoisotopic (exact) mass is 300 g/mol. The van der Waals surface area contributed by atoms with Crippen LogP contribution in [0.15, 0.2) is 30.3 Å².